The monoisotopic (exact) mass is 297 g/mol. The summed E-state index contributed by atoms with van der Waals surface area (Å²) in [6.45, 7) is 1.70. The van der Waals surface area contributed by atoms with E-state index in [2.05, 4.69) is 0 Å². The predicted octanol–water partition coefficient (Wildman–Crippen LogP) is 2.33. The summed E-state index contributed by atoms with van der Waals surface area (Å²) in [5, 5.41) is 0. The lowest BCUT2D eigenvalue weighted by Gasteiger charge is -2.28. The Labute approximate surface area is 128 Å². The summed E-state index contributed by atoms with van der Waals surface area (Å²) in [4.78, 5) is 25.5. The van der Waals surface area contributed by atoms with E-state index in [0.717, 1.165) is 5.56 Å². The Bertz CT molecular complexity index is 726. The molecule has 0 aliphatic carbocycles. The molecule has 5 heteroatoms. The number of anilines is 1. The molecule has 22 heavy (non-hydrogen) atoms. The molecule has 5 nitrogen and oxygen atoms in total. The smallest absolute Gasteiger partial charge is 0.331 e. The van der Waals surface area contributed by atoms with Gasteiger partial charge in [-0.3, -0.25) is 9.69 Å². The van der Waals surface area contributed by atoms with Crippen molar-refractivity contribution in [2.45, 2.75) is 6.92 Å². The van der Waals surface area contributed by atoms with Gasteiger partial charge in [-0.25, -0.2) is 4.79 Å². The second-order valence-electron chi connectivity index (χ2n) is 5.03. The molecule has 112 valence electrons. The van der Waals surface area contributed by atoms with Crippen LogP contribution in [-0.2, 0) is 9.59 Å². The summed E-state index contributed by atoms with van der Waals surface area (Å²) in [5.41, 5.74) is 1.58. The van der Waals surface area contributed by atoms with Gasteiger partial charge in [0, 0.05) is 0 Å². The van der Waals surface area contributed by atoms with Crippen LogP contribution in [0.2, 0.25) is 0 Å². The molecule has 1 aliphatic heterocycles. The number of aryl methyl sites for hydroxylation is 1. The highest BCUT2D eigenvalue weighted by atomic mass is 16.5. The Hall–Kier alpha value is -2.82. The molecule has 0 atom stereocenters. The summed E-state index contributed by atoms with van der Waals surface area (Å²) in [6.07, 6.45) is 0. The van der Waals surface area contributed by atoms with E-state index >= 15 is 0 Å². The standard InChI is InChI=1S/C17H15NO4/c1-12-5-4-6-13(9-12)22-17(20)10-18-14-7-2-3-8-15(14)21-11-16(18)19/h2-9H,10-11H2,1H3. The van der Waals surface area contributed by atoms with Crippen LogP contribution in [0.3, 0.4) is 0 Å². The molecule has 0 N–H and O–H groups in total. The van der Waals surface area contributed by atoms with E-state index in [1.807, 2.05) is 25.1 Å². The molecule has 0 aromatic heterocycles. The first-order valence-corrected chi connectivity index (χ1v) is 6.93. The van der Waals surface area contributed by atoms with E-state index in [0.29, 0.717) is 17.2 Å². The minimum atomic E-state index is -0.490. The molecule has 0 unspecified atom stereocenters. The molecule has 3 rings (SSSR count). The Balaban J connectivity index is 1.75. The van der Waals surface area contributed by atoms with Crippen molar-refractivity contribution in [3.8, 4) is 11.5 Å². The molecular formula is C17H15NO4. The van der Waals surface area contributed by atoms with E-state index < -0.39 is 5.97 Å². The van der Waals surface area contributed by atoms with Crippen molar-refractivity contribution in [2.75, 3.05) is 18.1 Å². The van der Waals surface area contributed by atoms with Gasteiger partial charge in [-0.15, -0.1) is 0 Å². The Morgan fingerprint density at radius 3 is 2.86 bits per heavy atom. The summed E-state index contributed by atoms with van der Waals surface area (Å²) >= 11 is 0. The molecule has 0 bridgehead atoms. The molecule has 2 aromatic carbocycles. The third-order valence-electron chi connectivity index (χ3n) is 3.32. The second-order valence-corrected chi connectivity index (χ2v) is 5.03. The minimum Gasteiger partial charge on any atom is -0.482 e. The van der Waals surface area contributed by atoms with Crippen molar-refractivity contribution >= 4 is 17.6 Å². The van der Waals surface area contributed by atoms with Crippen LogP contribution in [0.1, 0.15) is 5.56 Å². The molecule has 0 radical (unpaired) electrons. The van der Waals surface area contributed by atoms with Crippen molar-refractivity contribution in [2.24, 2.45) is 0 Å². The van der Waals surface area contributed by atoms with Gasteiger partial charge >= 0.3 is 5.97 Å². The molecule has 0 fully saturated rings. The van der Waals surface area contributed by atoms with Crippen LogP contribution in [0.5, 0.6) is 11.5 Å². The van der Waals surface area contributed by atoms with E-state index in [4.69, 9.17) is 9.47 Å². The summed E-state index contributed by atoms with van der Waals surface area (Å²) in [7, 11) is 0. The van der Waals surface area contributed by atoms with Gasteiger partial charge in [0.25, 0.3) is 5.91 Å². The van der Waals surface area contributed by atoms with E-state index in [-0.39, 0.29) is 19.1 Å². The average molecular weight is 297 g/mol. The van der Waals surface area contributed by atoms with Gasteiger partial charge < -0.3 is 9.47 Å². The zero-order valence-electron chi connectivity index (χ0n) is 12.1. The van der Waals surface area contributed by atoms with Crippen molar-refractivity contribution in [1.29, 1.82) is 0 Å². The number of rotatable bonds is 3. The topological polar surface area (TPSA) is 55.8 Å². The first-order chi connectivity index (χ1) is 10.6. The van der Waals surface area contributed by atoms with Crippen LogP contribution >= 0.6 is 0 Å². The van der Waals surface area contributed by atoms with Crippen LogP contribution in [0, 0.1) is 6.92 Å². The SMILES string of the molecule is Cc1cccc(OC(=O)CN2C(=O)COc3ccccc32)c1. The Morgan fingerprint density at radius 1 is 1.23 bits per heavy atom. The van der Waals surface area contributed by atoms with Crippen LogP contribution in [0.4, 0.5) is 5.69 Å². The molecule has 1 aliphatic rings. The number of hydrogen-bond acceptors (Lipinski definition) is 4. The number of amides is 1. The van der Waals surface area contributed by atoms with Crippen molar-refractivity contribution < 1.29 is 19.1 Å². The van der Waals surface area contributed by atoms with Gasteiger partial charge in [0.1, 0.15) is 18.0 Å². The maximum absolute atomic E-state index is 12.1. The number of nitrogens with zero attached hydrogens (tertiary/aromatic N) is 1. The highest BCUT2D eigenvalue weighted by molar-refractivity contribution is 6.01. The number of esters is 1. The third-order valence-corrected chi connectivity index (χ3v) is 3.32. The van der Waals surface area contributed by atoms with Gasteiger partial charge in [0.2, 0.25) is 0 Å². The quantitative estimate of drug-likeness (QED) is 0.644. The average Bonchev–Trinajstić information content (AvgIpc) is 2.50. The van der Waals surface area contributed by atoms with Crippen molar-refractivity contribution in [1.82, 2.24) is 0 Å². The fourth-order valence-corrected chi connectivity index (χ4v) is 2.30. The molecule has 1 amide bonds. The number of carbonyl (C=O) groups excluding carboxylic acids is 2. The number of ether oxygens (including phenoxy) is 2. The zero-order valence-corrected chi connectivity index (χ0v) is 12.1. The maximum atomic E-state index is 12.1. The number of benzene rings is 2. The maximum Gasteiger partial charge on any atom is 0.331 e. The molecule has 0 saturated heterocycles. The highest BCUT2D eigenvalue weighted by Gasteiger charge is 2.27. The van der Waals surface area contributed by atoms with Crippen LogP contribution in [0.15, 0.2) is 48.5 Å². The number of para-hydroxylation sites is 2. The first kappa shape index (κ1) is 14.1. The van der Waals surface area contributed by atoms with E-state index in [9.17, 15) is 9.59 Å². The second kappa shape index (κ2) is 5.89. The molecule has 1 heterocycles. The summed E-state index contributed by atoms with van der Waals surface area (Å²) < 4.78 is 10.6. The largest absolute Gasteiger partial charge is 0.482 e. The van der Waals surface area contributed by atoms with Crippen molar-refractivity contribution in [3.05, 3.63) is 54.1 Å². The van der Waals surface area contributed by atoms with Gasteiger partial charge in [0.15, 0.2) is 6.61 Å². The normalized spacial score (nSPS) is 13.3. The van der Waals surface area contributed by atoms with Gasteiger partial charge in [-0.2, -0.15) is 0 Å². The molecule has 0 saturated carbocycles. The van der Waals surface area contributed by atoms with E-state index in [1.54, 1.807) is 30.3 Å². The Kier molecular flexibility index (Phi) is 3.78. The number of fused-ring (bicyclic) bond motifs is 1. The third kappa shape index (κ3) is 2.93. The fraction of sp³-hybridized carbons (Fsp3) is 0.176. The highest BCUT2D eigenvalue weighted by Crippen LogP contribution is 2.31. The Morgan fingerprint density at radius 2 is 2.05 bits per heavy atom. The summed E-state index contributed by atoms with van der Waals surface area (Å²) in [5.74, 6) is 0.306. The predicted molar refractivity (Wildman–Crippen MR) is 81.1 cm³/mol. The lowest BCUT2D eigenvalue weighted by atomic mass is 10.2. The lowest BCUT2D eigenvalue weighted by molar-refractivity contribution is -0.134. The molecule has 2 aromatic rings. The van der Waals surface area contributed by atoms with Crippen LogP contribution in [0.25, 0.3) is 0 Å². The molecule has 0 spiro atoms. The number of hydrogen-bond donors (Lipinski definition) is 0. The number of carbonyl (C=O) groups is 2. The fourth-order valence-electron chi connectivity index (χ4n) is 2.30. The van der Waals surface area contributed by atoms with Crippen LogP contribution in [-0.4, -0.2) is 25.0 Å². The van der Waals surface area contributed by atoms with Crippen molar-refractivity contribution in [3.63, 3.8) is 0 Å². The first-order valence-electron chi connectivity index (χ1n) is 6.93. The van der Waals surface area contributed by atoms with Gasteiger partial charge in [-0.05, 0) is 36.8 Å². The van der Waals surface area contributed by atoms with Crippen LogP contribution < -0.4 is 14.4 Å². The van der Waals surface area contributed by atoms with E-state index in [1.165, 1.54) is 4.90 Å². The zero-order chi connectivity index (χ0) is 15.5. The lowest BCUT2D eigenvalue weighted by Crippen LogP contribution is -2.43. The molecular weight excluding hydrogens is 282 g/mol. The van der Waals surface area contributed by atoms with Gasteiger partial charge in [0.05, 0.1) is 5.69 Å². The summed E-state index contributed by atoms with van der Waals surface area (Å²) in [6, 6.07) is 14.3. The minimum absolute atomic E-state index is 0.0747. The van der Waals surface area contributed by atoms with Gasteiger partial charge in [-0.1, -0.05) is 24.3 Å².